The zero-order chi connectivity index (χ0) is 10.9. The van der Waals surface area contributed by atoms with Crippen LogP contribution in [0.3, 0.4) is 0 Å². The van der Waals surface area contributed by atoms with E-state index in [1.165, 1.54) is 6.26 Å². The van der Waals surface area contributed by atoms with Crippen molar-refractivity contribution in [3.8, 4) is 0 Å². The maximum atomic E-state index is 12.8. The molecule has 0 atom stereocenters. The fourth-order valence-corrected chi connectivity index (χ4v) is 1.60. The zero-order valence-corrected chi connectivity index (χ0v) is 7.97. The van der Waals surface area contributed by atoms with Crippen molar-refractivity contribution >= 4 is 17.4 Å². The summed E-state index contributed by atoms with van der Waals surface area (Å²) in [6.45, 7) is 0. The van der Waals surface area contributed by atoms with Gasteiger partial charge >= 0.3 is 6.18 Å². The van der Waals surface area contributed by atoms with E-state index in [0.717, 1.165) is 17.8 Å². The minimum atomic E-state index is -4.55. The Bertz CT molecular complexity index is 348. The van der Waals surface area contributed by atoms with E-state index in [9.17, 15) is 17.6 Å². The molecule has 0 saturated carbocycles. The van der Waals surface area contributed by atoms with Gasteiger partial charge in [-0.1, -0.05) is 0 Å². The van der Waals surface area contributed by atoms with Crippen LogP contribution >= 0.6 is 11.8 Å². The number of nitrogen functional groups attached to an aromatic ring is 1. The molecule has 0 fully saturated rings. The van der Waals surface area contributed by atoms with Crippen LogP contribution in [0.2, 0.25) is 0 Å². The first kappa shape index (κ1) is 11.2. The Morgan fingerprint density at radius 1 is 1.29 bits per heavy atom. The van der Waals surface area contributed by atoms with E-state index in [4.69, 9.17) is 5.73 Å². The van der Waals surface area contributed by atoms with Gasteiger partial charge in [0, 0.05) is 4.90 Å². The van der Waals surface area contributed by atoms with Gasteiger partial charge in [-0.25, -0.2) is 4.39 Å². The smallest absolute Gasteiger partial charge is 0.396 e. The molecule has 0 spiro atoms. The van der Waals surface area contributed by atoms with Crippen LogP contribution in [0.1, 0.15) is 5.56 Å². The van der Waals surface area contributed by atoms with Gasteiger partial charge < -0.3 is 5.73 Å². The molecule has 0 aliphatic heterocycles. The van der Waals surface area contributed by atoms with Gasteiger partial charge in [0.2, 0.25) is 0 Å². The first-order valence-corrected chi connectivity index (χ1v) is 4.79. The third-order valence-corrected chi connectivity index (χ3v) is 2.40. The van der Waals surface area contributed by atoms with Crippen LogP contribution in [0.5, 0.6) is 0 Å². The topological polar surface area (TPSA) is 26.0 Å². The molecule has 0 bridgehead atoms. The van der Waals surface area contributed by atoms with Crippen LogP contribution in [0.15, 0.2) is 17.0 Å². The van der Waals surface area contributed by atoms with Crippen molar-refractivity contribution in [1.82, 2.24) is 0 Å². The standard InChI is InChI=1S/C8H7F4NS/c1-14-7-3-6(13)5(9)2-4(7)8(10,11)12/h2-3H,13H2,1H3. The van der Waals surface area contributed by atoms with Gasteiger partial charge in [-0.05, 0) is 18.4 Å². The van der Waals surface area contributed by atoms with Crippen molar-refractivity contribution in [2.45, 2.75) is 11.1 Å². The minimum Gasteiger partial charge on any atom is -0.396 e. The minimum absolute atomic E-state index is 0.0728. The van der Waals surface area contributed by atoms with Crippen molar-refractivity contribution in [2.75, 3.05) is 12.0 Å². The van der Waals surface area contributed by atoms with E-state index in [1.807, 2.05) is 0 Å². The summed E-state index contributed by atoms with van der Waals surface area (Å²) in [7, 11) is 0. The van der Waals surface area contributed by atoms with Gasteiger partial charge in [0.1, 0.15) is 5.82 Å². The van der Waals surface area contributed by atoms with Crippen LogP contribution < -0.4 is 5.73 Å². The number of rotatable bonds is 1. The molecule has 0 saturated heterocycles. The van der Waals surface area contributed by atoms with Crippen molar-refractivity contribution in [3.05, 3.63) is 23.5 Å². The molecule has 1 aromatic carbocycles. The molecule has 1 rings (SSSR count). The molecule has 0 unspecified atom stereocenters. The number of benzene rings is 1. The largest absolute Gasteiger partial charge is 0.417 e. The lowest BCUT2D eigenvalue weighted by Gasteiger charge is -2.12. The second-order valence-electron chi connectivity index (χ2n) is 2.57. The van der Waals surface area contributed by atoms with Crippen molar-refractivity contribution in [2.24, 2.45) is 0 Å². The molecular weight excluding hydrogens is 218 g/mol. The van der Waals surface area contributed by atoms with E-state index in [1.54, 1.807) is 0 Å². The summed E-state index contributed by atoms with van der Waals surface area (Å²) in [6, 6.07) is 1.41. The third kappa shape index (κ3) is 2.12. The average Bonchev–Trinajstić information content (AvgIpc) is 2.07. The number of halogens is 4. The molecule has 1 nitrogen and oxygen atoms in total. The van der Waals surface area contributed by atoms with Crippen LogP contribution in [0, 0.1) is 5.82 Å². The lowest BCUT2D eigenvalue weighted by Crippen LogP contribution is -2.08. The van der Waals surface area contributed by atoms with E-state index in [0.29, 0.717) is 6.07 Å². The maximum absolute atomic E-state index is 12.8. The predicted octanol–water partition coefficient (Wildman–Crippen LogP) is 3.15. The number of nitrogens with two attached hydrogens (primary N) is 1. The molecular formula is C8H7F4NS. The summed E-state index contributed by atoms with van der Waals surface area (Å²) in [5.41, 5.74) is 3.89. The summed E-state index contributed by atoms with van der Waals surface area (Å²) >= 11 is 0.878. The van der Waals surface area contributed by atoms with Gasteiger partial charge in [-0.15, -0.1) is 11.8 Å². The fourth-order valence-electron chi connectivity index (χ4n) is 0.960. The Labute approximate surface area is 82.3 Å². The van der Waals surface area contributed by atoms with Crippen molar-refractivity contribution in [3.63, 3.8) is 0 Å². The Hall–Kier alpha value is -0.910. The molecule has 0 aliphatic carbocycles. The van der Waals surface area contributed by atoms with Crippen LogP contribution in [-0.4, -0.2) is 6.26 Å². The van der Waals surface area contributed by atoms with Crippen LogP contribution in [-0.2, 0) is 6.18 Å². The molecule has 6 heteroatoms. The lowest BCUT2D eigenvalue weighted by atomic mass is 10.2. The summed E-state index contributed by atoms with van der Waals surface area (Å²) in [5, 5.41) is 0. The Morgan fingerprint density at radius 2 is 1.86 bits per heavy atom. The molecule has 0 heterocycles. The quantitative estimate of drug-likeness (QED) is 0.451. The maximum Gasteiger partial charge on any atom is 0.417 e. The number of alkyl halides is 3. The average molecular weight is 225 g/mol. The number of anilines is 1. The molecule has 14 heavy (non-hydrogen) atoms. The number of thioether (sulfide) groups is 1. The van der Waals surface area contributed by atoms with Crippen LogP contribution in [0.4, 0.5) is 23.2 Å². The molecule has 0 amide bonds. The lowest BCUT2D eigenvalue weighted by molar-refractivity contribution is -0.139. The monoisotopic (exact) mass is 225 g/mol. The third-order valence-electron chi connectivity index (χ3n) is 1.62. The molecule has 2 N–H and O–H groups in total. The molecule has 78 valence electrons. The van der Waals surface area contributed by atoms with Gasteiger partial charge in [0.05, 0.1) is 11.3 Å². The van der Waals surface area contributed by atoms with E-state index < -0.39 is 17.6 Å². The predicted molar refractivity (Wildman–Crippen MR) is 47.6 cm³/mol. The molecule has 0 aromatic heterocycles. The van der Waals surface area contributed by atoms with Crippen molar-refractivity contribution < 1.29 is 17.6 Å². The Morgan fingerprint density at radius 3 is 2.29 bits per heavy atom. The Balaban J connectivity index is 3.35. The summed E-state index contributed by atoms with van der Waals surface area (Å²) in [4.78, 5) is -0.0728. The van der Waals surface area contributed by atoms with Gasteiger partial charge in [0.15, 0.2) is 0 Å². The molecule has 0 aliphatic rings. The second kappa shape index (κ2) is 3.68. The first-order chi connectivity index (χ1) is 6.36. The summed E-state index contributed by atoms with van der Waals surface area (Å²) in [5.74, 6) is -1.05. The second-order valence-corrected chi connectivity index (χ2v) is 3.42. The highest BCUT2D eigenvalue weighted by Gasteiger charge is 2.34. The number of hydrogen-bond donors (Lipinski definition) is 1. The van der Waals surface area contributed by atoms with E-state index in [-0.39, 0.29) is 10.6 Å². The summed E-state index contributed by atoms with van der Waals surface area (Å²) in [6.07, 6.45) is -3.07. The Kier molecular flexibility index (Phi) is 2.94. The molecule has 0 radical (unpaired) electrons. The van der Waals surface area contributed by atoms with E-state index in [2.05, 4.69) is 0 Å². The van der Waals surface area contributed by atoms with Crippen molar-refractivity contribution in [1.29, 1.82) is 0 Å². The fraction of sp³-hybridized carbons (Fsp3) is 0.250. The van der Waals surface area contributed by atoms with E-state index >= 15 is 0 Å². The number of hydrogen-bond acceptors (Lipinski definition) is 2. The first-order valence-electron chi connectivity index (χ1n) is 3.56. The highest BCUT2D eigenvalue weighted by Crippen LogP contribution is 2.37. The SMILES string of the molecule is CSc1cc(N)c(F)cc1C(F)(F)F. The zero-order valence-electron chi connectivity index (χ0n) is 7.15. The highest BCUT2D eigenvalue weighted by atomic mass is 32.2. The molecule has 1 aromatic rings. The van der Waals surface area contributed by atoms with Crippen LogP contribution in [0.25, 0.3) is 0 Å². The summed E-state index contributed by atoms with van der Waals surface area (Å²) < 4.78 is 49.8. The van der Waals surface area contributed by atoms with Gasteiger partial charge in [-0.2, -0.15) is 13.2 Å². The highest BCUT2D eigenvalue weighted by molar-refractivity contribution is 7.98. The normalized spacial score (nSPS) is 11.8. The van der Waals surface area contributed by atoms with Gasteiger partial charge in [0.25, 0.3) is 0 Å². The van der Waals surface area contributed by atoms with Gasteiger partial charge in [-0.3, -0.25) is 0 Å².